The second-order valence-corrected chi connectivity index (χ2v) is 8.25. The van der Waals surface area contributed by atoms with Crippen molar-refractivity contribution >= 4 is 23.7 Å². The number of carbonyl (C=O) groups excluding carboxylic acids is 1. The van der Waals surface area contributed by atoms with Gasteiger partial charge in [-0.3, -0.25) is 4.79 Å². The van der Waals surface area contributed by atoms with E-state index in [1.807, 2.05) is 23.9 Å². The second kappa shape index (κ2) is 8.72. The molecule has 130 valence electrons. The zero-order chi connectivity index (χ0) is 16.8. The SMILES string of the molecule is O=C(/C=C/c1ccccc1SC1CCCC1)NC1CCC(O)CC1. The lowest BCUT2D eigenvalue weighted by Crippen LogP contribution is -2.37. The molecule has 0 heterocycles. The lowest BCUT2D eigenvalue weighted by Gasteiger charge is -2.25. The van der Waals surface area contributed by atoms with Gasteiger partial charge in [-0.25, -0.2) is 0 Å². The van der Waals surface area contributed by atoms with Gasteiger partial charge in [-0.1, -0.05) is 31.0 Å². The van der Waals surface area contributed by atoms with Crippen molar-refractivity contribution in [3.8, 4) is 0 Å². The molecule has 3 rings (SSSR count). The Hall–Kier alpha value is -1.26. The molecule has 3 nitrogen and oxygen atoms in total. The first kappa shape index (κ1) is 17.6. The van der Waals surface area contributed by atoms with E-state index in [1.54, 1.807) is 6.08 Å². The van der Waals surface area contributed by atoms with Crippen LogP contribution in [0.5, 0.6) is 0 Å². The number of aliphatic hydroxyl groups excluding tert-OH is 1. The third kappa shape index (κ3) is 5.12. The number of thioether (sulfide) groups is 1. The Kier molecular flexibility index (Phi) is 6.38. The van der Waals surface area contributed by atoms with Crippen LogP contribution in [0.2, 0.25) is 0 Å². The summed E-state index contributed by atoms with van der Waals surface area (Å²) in [6.45, 7) is 0. The molecule has 0 aliphatic heterocycles. The highest BCUT2D eigenvalue weighted by Gasteiger charge is 2.20. The molecule has 0 bridgehead atoms. The smallest absolute Gasteiger partial charge is 0.244 e. The van der Waals surface area contributed by atoms with Crippen LogP contribution < -0.4 is 5.32 Å². The van der Waals surface area contributed by atoms with Gasteiger partial charge in [0.2, 0.25) is 5.91 Å². The highest BCUT2D eigenvalue weighted by atomic mass is 32.2. The van der Waals surface area contributed by atoms with Gasteiger partial charge in [0, 0.05) is 22.3 Å². The maximum Gasteiger partial charge on any atom is 0.244 e. The fourth-order valence-corrected chi connectivity index (χ4v) is 4.90. The fraction of sp³-hybridized carbons (Fsp3) is 0.550. The molecule has 2 fully saturated rings. The molecule has 24 heavy (non-hydrogen) atoms. The summed E-state index contributed by atoms with van der Waals surface area (Å²) in [5, 5.41) is 13.3. The van der Waals surface area contributed by atoms with E-state index in [-0.39, 0.29) is 18.1 Å². The molecule has 2 aliphatic rings. The molecule has 0 unspecified atom stereocenters. The van der Waals surface area contributed by atoms with Crippen LogP contribution in [0.25, 0.3) is 6.08 Å². The number of amides is 1. The van der Waals surface area contributed by atoms with Crippen molar-refractivity contribution < 1.29 is 9.90 Å². The normalized spacial score (nSPS) is 25.2. The van der Waals surface area contributed by atoms with E-state index >= 15 is 0 Å². The van der Waals surface area contributed by atoms with E-state index in [0.29, 0.717) is 0 Å². The maximum atomic E-state index is 12.2. The van der Waals surface area contributed by atoms with E-state index in [9.17, 15) is 9.90 Å². The lowest BCUT2D eigenvalue weighted by atomic mass is 9.93. The van der Waals surface area contributed by atoms with Gasteiger partial charge in [0.25, 0.3) is 0 Å². The molecule has 4 heteroatoms. The molecule has 0 spiro atoms. The van der Waals surface area contributed by atoms with Gasteiger partial charge in [-0.15, -0.1) is 11.8 Å². The summed E-state index contributed by atoms with van der Waals surface area (Å²) >= 11 is 1.95. The molecule has 0 saturated heterocycles. The van der Waals surface area contributed by atoms with E-state index in [0.717, 1.165) is 36.5 Å². The van der Waals surface area contributed by atoms with Crippen LogP contribution in [0.1, 0.15) is 56.9 Å². The number of rotatable bonds is 5. The number of carbonyl (C=O) groups is 1. The molecule has 1 amide bonds. The summed E-state index contributed by atoms with van der Waals surface area (Å²) in [6.07, 6.45) is 12.0. The minimum absolute atomic E-state index is 0.0305. The quantitative estimate of drug-likeness (QED) is 0.788. The van der Waals surface area contributed by atoms with Gasteiger partial charge >= 0.3 is 0 Å². The van der Waals surface area contributed by atoms with Crippen molar-refractivity contribution in [2.45, 2.75) is 73.7 Å². The van der Waals surface area contributed by atoms with Crippen LogP contribution in [-0.4, -0.2) is 28.4 Å². The minimum Gasteiger partial charge on any atom is -0.393 e. The summed E-state index contributed by atoms with van der Waals surface area (Å²) in [5.41, 5.74) is 1.13. The minimum atomic E-state index is -0.187. The molecule has 0 radical (unpaired) electrons. The molecule has 2 saturated carbocycles. The Labute approximate surface area is 148 Å². The van der Waals surface area contributed by atoms with E-state index in [2.05, 4.69) is 23.5 Å². The molecule has 0 aromatic heterocycles. The van der Waals surface area contributed by atoms with Gasteiger partial charge in [0.05, 0.1) is 6.10 Å². The molecule has 2 N–H and O–H groups in total. The molecule has 1 aromatic carbocycles. The summed E-state index contributed by atoms with van der Waals surface area (Å²) in [5.74, 6) is -0.0305. The number of hydrogen-bond acceptors (Lipinski definition) is 3. The van der Waals surface area contributed by atoms with E-state index < -0.39 is 0 Å². The number of hydrogen-bond donors (Lipinski definition) is 2. The van der Waals surface area contributed by atoms with Crippen LogP contribution in [0.4, 0.5) is 0 Å². The Balaban J connectivity index is 1.56. The van der Waals surface area contributed by atoms with Crippen molar-refractivity contribution in [1.29, 1.82) is 0 Å². The fourth-order valence-electron chi connectivity index (χ4n) is 3.55. The first-order valence-corrected chi connectivity index (χ1v) is 10.0. The average Bonchev–Trinajstić information content (AvgIpc) is 3.09. The topological polar surface area (TPSA) is 49.3 Å². The van der Waals surface area contributed by atoms with E-state index in [4.69, 9.17) is 0 Å². The van der Waals surface area contributed by atoms with Gasteiger partial charge in [0.1, 0.15) is 0 Å². The van der Waals surface area contributed by atoms with Crippen molar-refractivity contribution in [1.82, 2.24) is 5.32 Å². The monoisotopic (exact) mass is 345 g/mol. The Morgan fingerprint density at radius 1 is 1.08 bits per heavy atom. The largest absolute Gasteiger partial charge is 0.393 e. The van der Waals surface area contributed by atoms with Crippen LogP contribution in [0, 0.1) is 0 Å². The third-order valence-corrected chi connectivity index (χ3v) is 6.40. The summed E-state index contributed by atoms with van der Waals surface area (Å²) in [6, 6.07) is 8.54. The Morgan fingerprint density at radius 2 is 1.79 bits per heavy atom. The molecule has 1 aromatic rings. The highest BCUT2D eigenvalue weighted by Crippen LogP contribution is 2.36. The van der Waals surface area contributed by atoms with Crippen molar-refractivity contribution in [2.75, 3.05) is 0 Å². The summed E-state index contributed by atoms with van der Waals surface area (Å²) < 4.78 is 0. The van der Waals surface area contributed by atoms with Crippen molar-refractivity contribution in [3.63, 3.8) is 0 Å². The van der Waals surface area contributed by atoms with Crippen LogP contribution in [0.3, 0.4) is 0 Å². The Bertz CT molecular complexity index is 573. The average molecular weight is 346 g/mol. The van der Waals surface area contributed by atoms with Gasteiger partial charge in [0.15, 0.2) is 0 Å². The first-order valence-electron chi connectivity index (χ1n) is 9.13. The summed E-state index contributed by atoms with van der Waals surface area (Å²) in [4.78, 5) is 13.4. The van der Waals surface area contributed by atoms with Gasteiger partial charge in [-0.2, -0.15) is 0 Å². The first-order chi connectivity index (χ1) is 11.7. The van der Waals surface area contributed by atoms with Crippen molar-refractivity contribution in [3.05, 3.63) is 35.9 Å². The number of aliphatic hydroxyl groups is 1. The molecular formula is C20H27NO2S. The molecule has 0 atom stereocenters. The summed E-state index contributed by atoms with van der Waals surface area (Å²) in [7, 11) is 0. The van der Waals surface area contributed by atoms with Gasteiger partial charge in [-0.05, 0) is 56.2 Å². The second-order valence-electron chi connectivity index (χ2n) is 6.91. The Morgan fingerprint density at radius 3 is 2.54 bits per heavy atom. The highest BCUT2D eigenvalue weighted by molar-refractivity contribution is 8.00. The molecular weight excluding hydrogens is 318 g/mol. The van der Waals surface area contributed by atoms with Crippen LogP contribution >= 0.6 is 11.8 Å². The predicted molar refractivity (Wildman–Crippen MR) is 100.0 cm³/mol. The number of nitrogens with one attached hydrogen (secondary N) is 1. The third-order valence-electron chi connectivity index (χ3n) is 4.97. The van der Waals surface area contributed by atoms with Crippen LogP contribution in [0.15, 0.2) is 35.2 Å². The van der Waals surface area contributed by atoms with Crippen LogP contribution in [-0.2, 0) is 4.79 Å². The molecule has 2 aliphatic carbocycles. The predicted octanol–water partition coefficient (Wildman–Crippen LogP) is 4.15. The maximum absolute atomic E-state index is 12.2. The zero-order valence-electron chi connectivity index (χ0n) is 14.1. The van der Waals surface area contributed by atoms with E-state index in [1.165, 1.54) is 30.6 Å². The lowest BCUT2D eigenvalue weighted by molar-refractivity contribution is -0.117. The number of benzene rings is 1. The zero-order valence-corrected chi connectivity index (χ0v) is 14.9. The van der Waals surface area contributed by atoms with Gasteiger partial charge < -0.3 is 10.4 Å². The van der Waals surface area contributed by atoms with Crippen molar-refractivity contribution in [2.24, 2.45) is 0 Å². The standard InChI is InChI=1S/C20H27NO2S/c22-17-12-10-16(11-13-17)21-20(23)14-9-15-5-1-4-8-19(15)24-18-6-2-3-7-18/h1,4-5,8-9,14,16-18,22H,2-3,6-7,10-13H2,(H,21,23)/b14-9+.